The largest absolute Gasteiger partial charge is 0.371 e. The first-order valence-corrected chi connectivity index (χ1v) is 10.4. The van der Waals surface area contributed by atoms with Crippen LogP contribution in [0.25, 0.3) is 11.4 Å². The van der Waals surface area contributed by atoms with E-state index in [2.05, 4.69) is 44.0 Å². The fourth-order valence-corrected chi connectivity index (χ4v) is 4.43. The minimum atomic E-state index is -0.0149. The third-order valence-electron chi connectivity index (χ3n) is 5.94. The quantitative estimate of drug-likeness (QED) is 0.746. The Morgan fingerprint density at radius 3 is 2.62 bits per heavy atom. The van der Waals surface area contributed by atoms with Gasteiger partial charge in [0.15, 0.2) is 0 Å². The van der Waals surface area contributed by atoms with E-state index in [0.717, 1.165) is 49.4 Å². The van der Waals surface area contributed by atoms with Gasteiger partial charge in [-0.25, -0.2) is 4.98 Å². The lowest BCUT2D eigenvalue weighted by molar-refractivity contribution is 0.241. The molecule has 0 aliphatic carbocycles. The number of aromatic amines is 1. The minimum Gasteiger partial charge on any atom is -0.371 e. The fourth-order valence-electron chi connectivity index (χ4n) is 4.43. The molecular weight excluding hydrogens is 362 g/mol. The van der Waals surface area contributed by atoms with Crippen LogP contribution in [0.5, 0.6) is 0 Å². The van der Waals surface area contributed by atoms with Crippen LogP contribution in [0.2, 0.25) is 0 Å². The number of aromatic nitrogens is 3. The summed E-state index contributed by atoms with van der Waals surface area (Å²) < 4.78 is 0. The van der Waals surface area contributed by atoms with Gasteiger partial charge in [-0.1, -0.05) is 18.2 Å². The highest BCUT2D eigenvalue weighted by Crippen LogP contribution is 2.27. The van der Waals surface area contributed by atoms with Crippen LogP contribution >= 0.6 is 0 Å². The predicted molar refractivity (Wildman–Crippen MR) is 114 cm³/mol. The second-order valence-electron chi connectivity index (χ2n) is 7.86. The maximum Gasteiger partial charge on any atom is 0.254 e. The average molecular weight is 387 g/mol. The Morgan fingerprint density at radius 1 is 1.00 bits per heavy atom. The lowest BCUT2D eigenvalue weighted by Gasteiger charge is -2.30. The van der Waals surface area contributed by atoms with Gasteiger partial charge in [0.25, 0.3) is 5.56 Å². The molecule has 0 amide bonds. The Labute approximate surface area is 170 Å². The summed E-state index contributed by atoms with van der Waals surface area (Å²) in [7, 11) is 0. The molecule has 148 valence electrons. The van der Waals surface area contributed by atoms with Crippen molar-refractivity contribution >= 4 is 5.69 Å². The van der Waals surface area contributed by atoms with Gasteiger partial charge < -0.3 is 9.88 Å². The minimum absolute atomic E-state index is 0.0149. The van der Waals surface area contributed by atoms with Crippen molar-refractivity contribution in [3.63, 3.8) is 0 Å². The molecule has 2 aliphatic heterocycles. The maximum atomic E-state index is 12.6. The number of pyridine rings is 1. The molecule has 1 aromatic carbocycles. The highest BCUT2D eigenvalue weighted by molar-refractivity contribution is 5.55. The standard InChI is InChI=1S/C23H25N5O/c29-23-19-9-14-27(15-18-5-1-2-6-21(18)28-12-3-4-13-28)16-20(19)25-22(26-23)17-7-10-24-11-8-17/h1-2,5-8,10-11H,3-4,9,12-16H2,(H,25,26,29). The van der Waals surface area contributed by atoms with E-state index in [9.17, 15) is 4.79 Å². The molecule has 3 aromatic rings. The molecule has 2 aromatic heterocycles. The highest BCUT2D eigenvalue weighted by Gasteiger charge is 2.23. The van der Waals surface area contributed by atoms with Gasteiger partial charge in [0.1, 0.15) is 5.82 Å². The Kier molecular flexibility index (Phi) is 4.86. The van der Waals surface area contributed by atoms with Gasteiger partial charge in [0.2, 0.25) is 0 Å². The highest BCUT2D eigenvalue weighted by atomic mass is 16.1. The molecule has 0 unspecified atom stereocenters. The molecule has 4 heterocycles. The Morgan fingerprint density at radius 2 is 1.79 bits per heavy atom. The van der Waals surface area contributed by atoms with E-state index in [1.165, 1.54) is 24.1 Å². The van der Waals surface area contributed by atoms with Crippen molar-refractivity contribution < 1.29 is 0 Å². The van der Waals surface area contributed by atoms with E-state index in [1.807, 2.05) is 12.1 Å². The van der Waals surface area contributed by atoms with Crippen LogP contribution < -0.4 is 10.5 Å². The predicted octanol–water partition coefficient (Wildman–Crippen LogP) is 2.99. The summed E-state index contributed by atoms with van der Waals surface area (Å²) in [6.45, 7) is 4.75. The summed E-state index contributed by atoms with van der Waals surface area (Å²) in [5.74, 6) is 0.621. The zero-order valence-corrected chi connectivity index (χ0v) is 16.5. The molecule has 29 heavy (non-hydrogen) atoms. The van der Waals surface area contributed by atoms with Crippen LogP contribution in [-0.4, -0.2) is 39.5 Å². The number of benzene rings is 1. The molecule has 0 spiro atoms. The maximum absolute atomic E-state index is 12.6. The molecule has 6 nitrogen and oxygen atoms in total. The first kappa shape index (κ1) is 18.1. The number of H-pyrrole nitrogens is 1. The smallest absolute Gasteiger partial charge is 0.254 e. The van der Waals surface area contributed by atoms with Crippen LogP contribution in [0.15, 0.2) is 53.6 Å². The molecule has 1 N–H and O–H groups in total. The zero-order valence-electron chi connectivity index (χ0n) is 16.5. The van der Waals surface area contributed by atoms with Crippen molar-refractivity contribution in [1.29, 1.82) is 0 Å². The molecule has 1 saturated heterocycles. The number of anilines is 1. The van der Waals surface area contributed by atoms with Crippen molar-refractivity contribution in [3.8, 4) is 11.4 Å². The van der Waals surface area contributed by atoms with Gasteiger partial charge in [-0.15, -0.1) is 0 Å². The van der Waals surface area contributed by atoms with Crippen molar-refractivity contribution in [2.75, 3.05) is 24.5 Å². The molecular formula is C23H25N5O. The van der Waals surface area contributed by atoms with E-state index in [-0.39, 0.29) is 5.56 Å². The van der Waals surface area contributed by atoms with E-state index in [4.69, 9.17) is 4.98 Å². The van der Waals surface area contributed by atoms with Gasteiger partial charge in [-0.3, -0.25) is 14.7 Å². The molecule has 0 atom stereocenters. The average Bonchev–Trinajstić information content (AvgIpc) is 3.29. The van der Waals surface area contributed by atoms with Crippen LogP contribution in [0.1, 0.15) is 29.7 Å². The summed E-state index contributed by atoms with van der Waals surface area (Å²) in [6, 6.07) is 12.5. The number of hydrogen-bond donors (Lipinski definition) is 1. The number of para-hydroxylation sites is 1. The molecule has 6 heteroatoms. The van der Waals surface area contributed by atoms with Crippen molar-refractivity contribution in [2.24, 2.45) is 0 Å². The summed E-state index contributed by atoms with van der Waals surface area (Å²) >= 11 is 0. The Hall–Kier alpha value is -2.99. The van der Waals surface area contributed by atoms with Crippen LogP contribution in [-0.2, 0) is 19.5 Å². The van der Waals surface area contributed by atoms with Crippen molar-refractivity contribution in [1.82, 2.24) is 19.9 Å². The van der Waals surface area contributed by atoms with Crippen LogP contribution in [0.3, 0.4) is 0 Å². The normalized spacial score (nSPS) is 16.8. The van der Waals surface area contributed by atoms with Crippen LogP contribution in [0, 0.1) is 0 Å². The first-order chi connectivity index (χ1) is 14.3. The van der Waals surface area contributed by atoms with E-state index >= 15 is 0 Å². The second kappa shape index (κ2) is 7.79. The SMILES string of the molecule is O=c1[nH]c(-c2ccncc2)nc2c1CCN(Cc1ccccc1N1CCCC1)C2. The number of fused-ring (bicyclic) bond motifs is 1. The number of rotatable bonds is 4. The molecule has 5 rings (SSSR count). The summed E-state index contributed by atoms with van der Waals surface area (Å²) in [5.41, 5.74) is 5.30. The summed E-state index contributed by atoms with van der Waals surface area (Å²) in [4.78, 5) is 29.3. The van der Waals surface area contributed by atoms with Crippen LogP contribution in [0.4, 0.5) is 5.69 Å². The molecule has 1 fully saturated rings. The van der Waals surface area contributed by atoms with Gasteiger partial charge in [-0.2, -0.15) is 0 Å². The molecule has 2 aliphatic rings. The topological polar surface area (TPSA) is 65.1 Å². The second-order valence-corrected chi connectivity index (χ2v) is 7.86. The van der Waals surface area contributed by atoms with Gasteiger partial charge in [0, 0.05) is 61.9 Å². The monoisotopic (exact) mass is 387 g/mol. The van der Waals surface area contributed by atoms with E-state index in [0.29, 0.717) is 12.4 Å². The third kappa shape index (κ3) is 3.68. The van der Waals surface area contributed by atoms with Crippen molar-refractivity contribution in [2.45, 2.75) is 32.4 Å². The molecule has 0 saturated carbocycles. The van der Waals surface area contributed by atoms with Gasteiger partial charge in [-0.05, 0) is 43.0 Å². The van der Waals surface area contributed by atoms with Gasteiger partial charge >= 0.3 is 0 Å². The lowest BCUT2D eigenvalue weighted by atomic mass is 10.0. The first-order valence-electron chi connectivity index (χ1n) is 10.4. The Bertz CT molecular complexity index is 1060. The molecule has 0 radical (unpaired) electrons. The zero-order chi connectivity index (χ0) is 19.6. The molecule has 0 bridgehead atoms. The summed E-state index contributed by atoms with van der Waals surface area (Å²) in [6.07, 6.45) is 6.72. The van der Waals surface area contributed by atoms with E-state index < -0.39 is 0 Å². The van der Waals surface area contributed by atoms with Gasteiger partial charge in [0.05, 0.1) is 5.69 Å². The summed E-state index contributed by atoms with van der Waals surface area (Å²) in [5, 5.41) is 0. The van der Waals surface area contributed by atoms with Crippen molar-refractivity contribution in [3.05, 3.63) is 76.0 Å². The van der Waals surface area contributed by atoms with E-state index in [1.54, 1.807) is 12.4 Å². The number of nitrogens with zero attached hydrogens (tertiary/aromatic N) is 4. The fraction of sp³-hybridized carbons (Fsp3) is 0.348. The number of nitrogens with one attached hydrogen (secondary N) is 1. The Balaban J connectivity index is 1.40. The third-order valence-corrected chi connectivity index (χ3v) is 5.94. The number of hydrogen-bond acceptors (Lipinski definition) is 5. The lowest BCUT2D eigenvalue weighted by Crippen LogP contribution is -2.35.